The Labute approximate surface area is 153 Å². The van der Waals surface area contributed by atoms with Crippen LogP contribution in [-0.4, -0.2) is 38.0 Å². The van der Waals surface area contributed by atoms with Crippen LogP contribution in [0.15, 0.2) is 41.5 Å². The molecule has 6 nitrogen and oxygen atoms in total. The second-order valence-corrected chi connectivity index (χ2v) is 6.73. The topological polar surface area (TPSA) is 66.8 Å². The zero-order valence-corrected chi connectivity index (χ0v) is 15.8. The van der Waals surface area contributed by atoms with Crippen molar-refractivity contribution in [3.05, 3.63) is 69.7 Å². The molecule has 1 N–H and O–H groups in total. The number of hydrogen-bond donors (Lipinski definition) is 1. The molecule has 0 aliphatic heterocycles. The van der Waals surface area contributed by atoms with Crippen LogP contribution >= 0.6 is 0 Å². The Bertz CT molecular complexity index is 940. The Morgan fingerprint density at radius 3 is 2.50 bits per heavy atom. The molecule has 6 heteroatoms. The van der Waals surface area contributed by atoms with Crippen LogP contribution in [-0.2, 0) is 13.1 Å². The van der Waals surface area contributed by atoms with Gasteiger partial charge in [0.15, 0.2) is 0 Å². The summed E-state index contributed by atoms with van der Waals surface area (Å²) in [5.41, 5.74) is 3.50. The number of nitrogens with one attached hydrogen (secondary N) is 1. The summed E-state index contributed by atoms with van der Waals surface area (Å²) in [7, 11) is 2.11. The number of aromatic amines is 1. The van der Waals surface area contributed by atoms with E-state index in [1.165, 1.54) is 5.56 Å². The highest BCUT2D eigenvalue weighted by Crippen LogP contribution is 2.16. The molecule has 2 aromatic heterocycles. The summed E-state index contributed by atoms with van der Waals surface area (Å²) in [6.45, 7) is 8.41. The van der Waals surface area contributed by atoms with Crippen molar-refractivity contribution in [3.8, 4) is 11.4 Å². The van der Waals surface area contributed by atoms with Gasteiger partial charge in [-0.15, -0.1) is 0 Å². The minimum atomic E-state index is -0.0777. The second kappa shape index (κ2) is 7.66. The van der Waals surface area contributed by atoms with Crippen LogP contribution in [0.3, 0.4) is 0 Å². The number of benzene rings is 1. The van der Waals surface area contributed by atoms with E-state index >= 15 is 0 Å². The Morgan fingerprint density at radius 2 is 1.88 bits per heavy atom. The third-order valence-corrected chi connectivity index (χ3v) is 4.72. The molecule has 0 atom stereocenters. The number of likely N-dealkylation sites (N-methyl/N-ethyl adjacent to an activating group) is 1. The normalized spacial score (nSPS) is 11.3. The Hall–Kier alpha value is -2.73. The van der Waals surface area contributed by atoms with Crippen LogP contribution in [0.5, 0.6) is 0 Å². The summed E-state index contributed by atoms with van der Waals surface area (Å²) in [5.74, 6) is 1.66. The lowest BCUT2D eigenvalue weighted by atomic mass is 10.1. The highest BCUT2D eigenvalue weighted by molar-refractivity contribution is 5.55. The zero-order chi connectivity index (χ0) is 18.7. The molecule has 1 aromatic carbocycles. The van der Waals surface area contributed by atoms with E-state index in [0.29, 0.717) is 11.4 Å². The first-order valence-electron chi connectivity index (χ1n) is 8.77. The molecular weight excluding hydrogens is 326 g/mol. The maximum Gasteiger partial charge on any atom is 0.254 e. The lowest BCUT2D eigenvalue weighted by molar-refractivity contribution is 0.310. The van der Waals surface area contributed by atoms with Gasteiger partial charge in [0.05, 0.1) is 0 Å². The van der Waals surface area contributed by atoms with Crippen LogP contribution in [0.25, 0.3) is 11.4 Å². The molecule has 0 saturated heterocycles. The first-order chi connectivity index (χ1) is 12.4. The number of rotatable bonds is 6. The van der Waals surface area contributed by atoms with Gasteiger partial charge in [0.2, 0.25) is 0 Å². The summed E-state index contributed by atoms with van der Waals surface area (Å²) in [6.07, 6.45) is 3.84. The Morgan fingerprint density at radius 1 is 1.15 bits per heavy atom. The Kier molecular flexibility index (Phi) is 5.32. The van der Waals surface area contributed by atoms with Crippen LogP contribution < -0.4 is 5.56 Å². The van der Waals surface area contributed by atoms with Gasteiger partial charge in [-0.05, 0) is 33.4 Å². The molecular formula is C20H25N5O. The summed E-state index contributed by atoms with van der Waals surface area (Å²) in [6, 6.07) is 8.19. The molecule has 3 aromatic rings. The number of aryl methyl sites for hydroxylation is 2. The third-order valence-electron chi connectivity index (χ3n) is 4.72. The fraction of sp³-hybridized carbons (Fsp3) is 0.350. The van der Waals surface area contributed by atoms with Crippen molar-refractivity contribution in [2.24, 2.45) is 0 Å². The van der Waals surface area contributed by atoms with Crippen molar-refractivity contribution < 1.29 is 0 Å². The molecule has 3 rings (SSSR count). The van der Waals surface area contributed by atoms with Crippen LogP contribution in [0, 0.1) is 20.8 Å². The van der Waals surface area contributed by atoms with Gasteiger partial charge >= 0.3 is 0 Å². The predicted octanol–water partition coefficient (Wildman–Crippen LogP) is 2.69. The second-order valence-electron chi connectivity index (χ2n) is 6.73. The molecule has 0 bridgehead atoms. The molecule has 0 unspecified atom stereocenters. The van der Waals surface area contributed by atoms with E-state index in [-0.39, 0.29) is 5.56 Å². The number of H-pyrrole nitrogens is 1. The highest BCUT2D eigenvalue weighted by atomic mass is 16.1. The fourth-order valence-electron chi connectivity index (χ4n) is 2.86. The van der Waals surface area contributed by atoms with E-state index in [9.17, 15) is 4.79 Å². The molecule has 26 heavy (non-hydrogen) atoms. The van der Waals surface area contributed by atoms with Gasteiger partial charge in [0, 0.05) is 48.8 Å². The van der Waals surface area contributed by atoms with Crippen LogP contribution in [0.2, 0.25) is 0 Å². The quantitative estimate of drug-likeness (QED) is 0.741. The lowest BCUT2D eigenvalue weighted by Gasteiger charge is -2.17. The van der Waals surface area contributed by atoms with Crippen molar-refractivity contribution in [3.63, 3.8) is 0 Å². The minimum Gasteiger partial charge on any atom is -0.334 e. The molecule has 0 saturated carbocycles. The van der Waals surface area contributed by atoms with E-state index in [1.54, 1.807) is 6.92 Å². The first kappa shape index (κ1) is 18.1. The largest absolute Gasteiger partial charge is 0.334 e. The van der Waals surface area contributed by atoms with Gasteiger partial charge in [-0.25, -0.2) is 9.97 Å². The van der Waals surface area contributed by atoms with E-state index < -0.39 is 0 Å². The summed E-state index contributed by atoms with van der Waals surface area (Å²) in [5, 5.41) is 0. The minimum absolute atomic E-state index is 0.0777. The van der Waals surface area contributed by atoms with E-state index in [0.717, 1.165) is 36.7 Å². The maximum atomic E-state index is 11.9. The number of nitrogens with zero attached hydrogens (tertiary/aromatic N) is 4. The van der Waals surface area contributed by atoms with Crippen molar-refractivity contribution in [2.45, 2.75) is 33.9 Å². The van der Waals surface area contributed by atoms with Crippen molar-refractivity contribution >= 4 is 0 Å². The van der Waals surface area contributed by atoms with Crippen LogP contribution in [0.1, 0.15) is 22.6 Å². The predicted molar refractivity (Wildman–Crippen MR) is 103 cm³/mol. The van der Waals surface area contributed by atoms with Crippen molar-refractivity contribution in [1.82, 2.24) is 24.4 Å². The molecule has 0 aliphatic carbocycles. The molecule has 0 fully saturated rings. The average molecular weight is 351 g/mol. The smallest absolute Gasteiger partial charge is 0.254 e. The Balaban J connectivity index is 1.64. The van der Waals surface area contributed by atoms with Crippen molar-refractivity contribution in [1.29, 1.82) is 0 Å². The number of hydrogen-bond acceptors (Lipinski definition) is 4. The van der Waals surface area contributed by atoms with Gasteiger partial charge in [0.25, 0.3) is 5.56 Å². The monoisotopic (exact) mass is 351 g/mol. The number of aromatic nitrogens is 4. The third kappa shape index (κ3) is 4.08. The van der Waals surface area contributed by atoms with Crippen LogP contribution in [0.4, 0.5) is 0 Å². The molecule has 0 amide bonds. The van der Waals surface area contributed by atoms with E-state index in [4.69, 9.17) is 0 Å². The van der Waals surface area contributed by atoms with Gasteiger partial charge in [-0.1, -0.05) is 24.3 Å². The number of imidazole rings is 1. The van der Waals surface area contributed by atoms with E-state index in [1.807, 2.05) is 38.4 Å². The molecule has 2 heterocycles. The summed E-state index contributed by atoms with van der Waals surface area (Å²) < 4.78 is 2.15. The van der Waals surface area contributed by atoms with Gasteiger partial charge in [0.1, 0.15) is 11.6 Å². The summed E-state index contributed by atoms with van der Waals surface area (Å²) >= 11 is 0. The van der Waals surface area contributed by atoms with Gasteiger partial charge in [-0.2, -0.15) is 0 Å². The van der Waals surface area contributed by atoms with Gasteiger partial charge < -0.3 is 14.5 Å². The first-order valence-corrected chi connectivity index (χ1v) is 8.77. The molecule has 0 radical (unpaired) electrons. The zero-order valence-electron chi connectivity index (χ0n) is 15.8. The average Bonchev–Trinajstić information content (AvgIpc) is 3.03. The standard InChI is InChI=1S/C20H25N5O/c1-14-15(2)22-19(23-20(14)26)18-7-5-17(6-8-18)13-24(4)11-12-25-10-9-21-16(25)3/h5-10H,11-13H2,1-4H3,(H,22,23,26). The maximum absolute atomic E-state index is 11.9. The molecule has 0 spiro atoms. The molecule has 0 aliphatic rings. The lowest BCUT2D eigenvalue weighted by Crippen LogP contribution is -2.23. The molecule has 136 valence electrons. The van der Waals surface area contributed by atoms with Crippen molar-refractivity contribution in [2.75, 3.05) is 13.6 Å². The highest BCUT2D eigenvalue weighted by Gasteiger charge is 2.07. The summed E-state index contributed by atoms with van der Waals surface area (Å²) in [4.78, 5) is 25.8. The SMILES string of the molecule is Cc1nc(-c2ccc(CN(C)CCn3ccnc3C)cc2)[nH]c(=O)c1C. The fourth-order valence-corrected chi connectivity index (χ4v) is 2.86. The van der Waals surface area contributed by atoms with Gasteiger partial charge in [-0.3, -0.25) is 4.79 Å². The van der Waals surface area contributed by atoms with E-state index in [2.05, 4.69) is 43.6 Å².